The van der Waals surface area contributed by atoms with Gasteiger partial charge in [0.2, 0.25) is 5.91 Å². The SMILES string of the molecule is COc1ccc2nc(NC(=O)CN3C(=O)c4ccc([N+](=O)[O-])cc4C3=O)sc2c1. The topological polar surface area (TPSA) is 132 Å². The highest BCUT2D eigenvalue weighted by molar-refractivity contribution is 7.22. The summed E-state index contributed by atoms with van der Waals surface area (Å²) in [6, 6.07) is 8.66. The summed E-state index contributed by atoms with van der Waals surface area (Å²) >= 11 is 1.22. The van der Waals surface area contributed by atoms with Gasteiger partial charge in [0, 0.05) is 12.1 Å². The van der Waals surface area contributed by atoms with Crippen molar-refractivity contribution in [3.63, 3.8) is 0 Å². The highest BCUT2D eigenvalue weighted by Gasteiger charge is 2.37. The van der Waals surface area contributed by atoms with Crippen molar-refractivity contribution in [2.75, 3.05) is 19.0 Å². The van der Waals surface area contributed by atoms with E-state index in [9.17, 15) is 24.5 Å². The molecule has 0 spiro atoms. The molecule has 0 radical (unpaired) electrons. The van der Waals surface area contributed by atoms with Crippen molar-refractivity contribution < 1.29 is 24.0 Å². The first kappa shape index (κ1) is 18.5. The molecule has 1 N–H and O–H groups in total. The Morgan fingerprint density at radius 1 is 1.21 bits per heavy atom. The summed E-state index contributed by atoms with van der Waals surface area (Å²) in [6.45, 7) is -0.528. The van der Waals surface area contributed by atoms with E-state index in [1.807, 2.05) is 0 Å². The van der Waals surface area contributed by atoms with Gasteiger partial charge in [-0.2, -0.15) is 0 Å². The van der Waals surface area contributed by atoms with E-state index >= 15 is 0 Å². The Kier molecular flexibility index (Phi) is 4.43. The molecule has 1 aromatic heterocycles. The molecule has 11 heteroatoms. The highest BCUT2D eigenvalue weighted by Crippen LogP contribution is 2.30. The average molecular weight is 412 g/mol. The summed E-state index contributed by atoms with van der Waals surface area (Å²) in [4.78, 5) is 52.5. The van der Waals surface area contributed by atoms with Gasteiger partial charge in [0.25, 0.3) is 17.5 Å². The Hall–Kier alpha value is -3.86. The second kappa shape index (κ2) is 6.95. The van der Waals surface area contributed by atoms with Crippen molar-refractivity contribution in [1.29, 1.82) is 0 Å². The molecule has 0 unspecified atom stereocenters. The van der Waals surface area contributed by atoms with Gasteiger partial charge in [0.05, 0.1) is 33.4 Å². The molecule has 2 heterocycles. The van der Waals surface area contributed by atoms with E-state index in [2.05, 4.69) is 10.3 Å². The molecular weight excluding hydrogens is 400 g/mol. The van der Waals surface area contributed by atoms with Crippen molar-refractivity contribution in [3.8, 4) is 5.75 Å². The Morgan fingerprint density at radius 3 is 2.69 bits per heavy atom. The summed E-state index contributed by atoms with van der Waals surface area (Å²) in [7, 11) is 1.54. The maximum absolute atomic E-state index is 12.5. The van der Waals surface area contributed by atoms with Crippen LogP contribution in [0, 0.1) is 10.1 Å². The van der Waals surface area contributed by atoms with Gasteiger partial charge in [-0.3, -0.25) is 29.4 Å². The second-order valence-electron chi connectivity index (χ2n) is 6.08. The molecule has 0 saturated heterocycles. The number of imide groups is 1. The summed E-state index contributed by atoms with van der Waals surface area (Å²) in [5.41, 5.74) is 0.296. The lowest BCUT2D eigenvalue weighted by Gasteiger charge is -2.12. The number of hydrogen-bond donors (Lipinski definition) is 1. The van der Waals surface area contributed by atoms with Crippen LogP contribution in [0.2, 0.25) is 0 Å². The zero-order valence-corrected chi connectivity index (χ0v) is 15.7. The van der Waals surface area contributed by atoms with Crippen LogP contribution in [0.1, 0.15) is 20.7 Å². The number of ether oxygens (including phenoxy) is 1. The fraction of sp³-hybridized carbons (Fsp3) is 0.111. The van der Waals surface area contributed by atoms with Crippen molar-refractivity contribution in [1.82, 2.24) is 9.88 Å². The Balaban J connectivity index is 1.50. The first-order valence-electron chi connectivity index (χ1n) is 8.26. The van der Waals surface area contributed by atoms with Gasteiger partial charge in [0.15, 0.2) is 5.13 Å². The molecule has 1 aliphatic heterocycles. The first-order chi connectivity index (χ1) is 13.9. The van der Waals surface area contributed by atoms with Crippen LogP contribution < -0.4 is 10.1 Å². The second-order valence-corrected chi connectivity index (χ2v) is 7.11. The lowest BCUT2D eigenvalue weighted by atomic mass is 10.1. The van der Waals surface area contributed by atoms with E-state index in [1.165, 1.54) is 17.4 Å². The van der Waals surface area contributed by atoms with Gasteiger partial charge in [-0.1, -0.05) is 11.3 Å². The molecule has 0 saturated carbocycles. The number of nitrogens with one attached hydrogen (secondary N) is 1. The number of methoxy groups -OCH3 is 1. The summed E-state index contributed by atoms with van der Waals surface area (Å²) in [5.74, 6) is -1.39. The molecular formula is C18H12N4O6S. The zero-order chi connectivity index (χ0) is 20.7. The number of rotatable bonds is 5. The fourth-order valence-electron chi connectivity index (χ4n) is 2.92. The van der Waals surface area contributed by atoms with Crippen LogP contribution in [0.5, 0.6) is 5.75 Å². The third-order valence-electron chi connectivity index (χ3n) is 4.31. The molecule has 0 atom stereocenters. The number of amides is 3. The molecule has 0 fully saturated rings. The van der Waals surface area contributed by atoms with Crippen molar-refractivity contribution in [3.05, 3.63) is 57.6 Å². The Morgan fingerprint density at radius 2 is 1.97 bits per heavy atom. The molecule has 4 rings (SSSR count). The molecule has 146 valence electrons. The number of fused-ring (bicyclic) bond motifs is 2. The van der Waals surface area contributed by atoms with Gasteiger partial charge in [-0.25, -0.2) is 4.98 Å². The van der Waals surface area contributed by atoms with Crippen LogP contribution >= 0.6 is 11.3 Å². The molecule has 1 aliphatic rings. The average Bonchev–Trinajstić information content (AvgIpc) is 3.20. The van der Waals surface area contributed by atoms with Gasteiger partial charge in [-0.05, 0) is 24.3 Å². The number of nitrogens with zero attached hydrogens (tertiary/aromatic N) is 3. The Bertz CT molecular complexity index is 1200. The van der Waals surface area contributed by atoms with Crippen molar-refractivity contribution in [2.24, 2.45) is 0 Å². The van der Waals surface area contributed by atoms with Crippen molar-refractivity contribution >= 4 is 50.1 Å². The van der Waals surface area contributed by atoms with E-state index in [-0.39, 0.29) is 16.8 Å². The number of hydrogen-bond acceptors (Lipinski definition) is 8. The lowest BCUT2D eigenvalue weighted by Crippen LogP contribution is -2.37. The number of nitro benzene ring substituents is 1. The smallest absolute Gasteiger partial charge is 0.270 e. The first-order valence-corrected chi connectivity index (χ1v) is 9.08. The highest BCUT2D eigenvalue weighted by atomic mass is 32.1. The van der Waals surface area contributed by atoms with Crippen LogP contribution in [0.3, 0.4) is 0 Å². The summed E-state index contributed by atoms with van der Waals surface area (Å²) in [5, 5.41) is 13.8. The van der Waals surface area contributed by atoms with Crippen LogP contribution in [0.4, 0.5) is 10.8 Å². The van der Waals surface area contributed by atoms with E-state index in [0.717, 1.165) is 21.7 Å². The predicted molar refractivity (Wildman–Crippen MR) is 103 cm³/mol. The van der Waals surface area contributed by atoms with Gasteiger partial charge in [0.1, 0.15) is 12.3 Å². The van der Waals surface area contributed by atoms with Crippen molar-refractivity contribution in [2.45, 2.75) is 0 Å². The maximum Gasteiger partial charge on any atom is 0.270 e. The fourth-order valence-corrected chi connectivity index (χ4v) is 3.83. The van der Waals surface area contributed by atoms with E-state index in [1.54, 1.807) is 25.3 Å². The summed E-state index contributed by atoms with van der Waals surface area (Å²) in [6.07, 6.45) is 0. The number of thiazole rings is 1. The summed E-state index contributed by atoms with van der Waals surface area (Å²) < 4.78 is 5.95. The third kappa shape index (κ3) is 3.27. The maximum atomic E-state index is 12.5. The largest absolute Gasteiger partial charge is 0.497 e. The third-order valence-corrected chi connectivity index (χ3v) is 5.24. The van der Waals surface area contributed by atoms with E-state index in [0.29, 0.717) is 16.4 Å². The van der Waals surface area contributed by atoms with Crippen LogP contribution in [-0.2, 0) is 4.79 Å². The molecule has 10 nitrogen and oxygen atoms in total. The molecule has 2 aromatic carbocycles. The number of nitro groups is 1. The Labute approximate surface area is 166 Å². The number of carbonyl (C=O) groups is 3. The predicted octanol–water partition coefficient (Wildman–Crippen LogP) is 2.45. The quantitative estimate of drug-likeness (QED) is 0.387. The number of anilines is 1. The van der Waals surface area contributed by atoms with Crippen LogP contribution in [0.25, 0.3) is 10.2 Å². The van der Waals surface area contributed by atoms with Crippen LogP contribution in [0.15, 0.2) is 36.4 Å². The molecule has 0 bridgehead atoms. The monoisotopic (exact) mass is 412 g/mol. The van der Waals surface area contributed by atoms with Gasteiger partial charge >= 0.3 is 0 Å². The minimum atomic E-state index is -0.752. The number of carbonyl (C=O) groups excluding carboxylic acids is 3. The minimum Gasteiger partial charge on any atom is -0.497 e. The zero-order valence-electron chi connectivity index (χ0n) is 14.9. The molecule has 3 aromatic rings. The van der Waals surface area contributed by atoms with E-state index in [4.69, 9.17) is 4.74 Å². The lowest BCUT2D eigenvalue weighted by molar-refractivity contribution is -0.384. The minimum absolute atomic E-state index is 0.0282. The number of non-ortho nitro benzene ring substituents is 1. The standard InChI is InChI=1S/C18H12N4O6S/c1-28-10-3-5-13-14(7-10)29-18(19-13)20-15(23)8-21-16(24)11-4-2-9(22(26)27)6-12(11)17(21)25/h2-7H,8H2,1H3,(H,19,20,23). The van der Waals surface area contributed by atoms with E-state index < -0.39 is 29.2 Å². The van der Waals surface area contributed by atoms with Gasteiger partial charge in [-0.15, -0.1) is 0 Å². The number of benzene rings is 2. The van der Waals surface area contributed by atoms with Gasteiger partial charge < -0.3 is 10.1 Å². The normalized spacial score (nSPS) is 12.9. The van der Waals surface area contributed by atoms with Crippen LogP contribution in [-0.4, -0.2) is 46.2 Å². The number of aromatic nitrogens is 1. The molecule has 29 heavy (non-hydrogen) atoms. The molecule has 0 aliphatic carbocycles. The molecule has 3 amide bonds.